The van der Waals surface area contributed by atoms with Crippen molar-refractivity contribution in [3.05, 3.63) is 46.6 Å². The lowest BCUT2D eigenvalue weighted by atomic mass is 10.1. The second-order valence-electron chi connectivity index (χ2n) is 7.34. The zero-order valence-electron chi connectivity index (χ0n) is 16.2. The van der Waals surface area contributed by atoms with Gasteiger partial charge in [-0.25, -0.2) is 12.8 Å². The molecule has 1 aliphatic heterocycles. The highest BCUT2D eigenvalue weighted by Gasteiger charge is 2.28. The van der Waals surface area contributed by atoms with E-state index >= 15 is 0 Å². The summed E-state index contributed by atoms with van der Waals surface area (Å²) in [6.45, 7) is 3.74. The van der Waals surface area contributed by atoms with E-state index in [0.29, 0.717) is 11.3 Å². The number of thiophene rings is 1. The number of nitrogens with one attached hydrogen (secondary N) is 2. The van der Waals surface area contributed by atoms with Gasteiger partial charge in [0.05, 0.1) is 16.4 Å². The highest BCUT2D eigenvalue weighted by atomic mass is 32.2. The van der Waals surface area contributed by atoms with Crippen molar-refractivity contribution < 1.29 is 22.4 Å². The third-order valence-corrected chi connectivity index (χ3v) is 8.00. The lowest BCUT2D eigenvalue weighted by Gasteiger charge is -2.15. The monoisotopic (exact) mass is 438 g/mol. The Labute approximate surface area is 173 Å². The van der Waals surface area contributed by atoms with Crippen LogP contribution in [0.4, 0.5) is 4.39 Å². The van der Waals surface area contributed by atoms with E-state index in [1.54, 1.807) is 25.1 Å². The molecule has 2 atom stereocenters. The number of carbonyl (C=O) groups is 2. The van der Waals surface area contributed by atoms with Gasteiger partial charge in [0.2, 0.25) is 5.91 Å². The van der Waals surface area contributed by atoms with Gasteiger partial charge in [-0.15, -0.1) is 11.3 Å². The third-order valence-electron chi connectivity index (χ3n) is 4.88. The standard InChI is InChI=1S/C20H23FN2O4S2/c1-12-9-17(28-18(12)15-3-5-16(21)6-4-15)20(25)23-13(2)19(24)22-10-14-7-8-29(26,27)11-14/h3-6,9,13-14H,7-8,10-11H2,1-2H3,(H,22,24)(H,23,25). The fraction of sp³-hybridized carbons (Fsp3) is 0.400. The molecule has 1 aromatic carbocycles. The molecule has 0 aliphatic carbocycles. The summed E-state index contributed by atoms with van der Waals surface area (Å²) in [6.07, 6.45) is 0.546. The predicted octanol–water partition coefficient (Wildman–Crippen LogP) is 2.53. The quantitative estimate of drug-likeness (QED) is 0.725. The van der Waals surface area contributed by atoms with Crippen molar-refractivity contribution in [2.75, 3.05) is 18.1 Å². The van der Waals surface area contributed by atoms with E-state index in [-0.39, 0.29) is 41.6 Å². The number of carbonyl (C=O) groups excluding carboxylic acids is 2. The molecule has 0 saturated carbocycles. The number of aryl methyl sites for hydroxylation is 1. The number of benzene rings is 1. The number of rotatable bonds is 6. The molecule has 9 heteroatoms. The van der Waals surface area contributed by atoms with Crippen LogP contribution in [-0.2, 0) is 14.6 Å². The first-order valence-corrected chi connectivity index (χ1v) is 11.9. The van der Waals surface area contributed by atoms with Crippen LogP contribution in [0.3, 0.4) is 0 Å². The average Bonchev–Trinajstić information content (AvgIpc) is 3.22. The summed E-state index contributed by atoms with van der Waals surface area (Å²) in [6, 6.07) is 7.06. The molecular formula is C20H23FN2O4S2. The summed E-state index contributed by atoms with van der Waals surface area (Å²) < 4.78 is 36.1. The van der Waals surface area contributed by atoms with Gasteiger partial charge in [0.1, 0.15) is 11.9 Å². The zero-order valence-corrected chi connectivity index (χ0v) is 17.8. The van der Waals surface area contributed by atoms with Crippen LogP contribution in [0.1, 0.15) is 28.6 Å². The van der Waals surface area contributed by atoms with Crippen molar-refractivity contribution in [2.24, 2.45) is 5.92 Å². The first kappa shape index (κ1) is 21.4. The van der Waals surface area contributed by atoms with Crippen molar-refractivity contribution in [3.8, 4) is 10.4 Å². The summed E-state index contributed by atoms with van der Waals surface area (Å²) in [7, 11) is -2.99. The van der Waals surface area contributed by atoms with E-state index in [1.807, 2.05) is 6.92 Å². The number of hydrogen-bond donors (Lipinski definition) is 2. The molecule has 1 fully saturated rings. The number of halogens is 1. The van der Waals surface area contributed by atoms with Gasteiger partial charge < -0.3 is 10.6 Å². The van der Waals surface area contributed by atoms with Gasteiger partial charge in [-0.05, 0) is 55.5 Å². The molecule has 3 rings (SSSR count). The SMILES string of the molecule is Cc1cc(C(=O)NC(C)C(=O)NCC2CCS(=O)(=O)C2)sc1-c1ccc(F)cc1. The topological polar surface area (TPSA) is 92.3 Å². The summed E-state index contributed by atoms with van der Waals surface area (Å²) >= 11 is 1.28. The second-order valence-corrected chi connectivity index (χ2v) is 10.6. The molecule has 1 saturated heterocycles. The highest BCUT2D eigenvalue weighted by molar-refractivity contribution is 7.91. The van der Waals surface area contributed by atoms with Crippen LogP contribution in [0.2, 0.25) is 0 Å². The predicted molar refractivity (Wildman–Crippen MR) is 111 cm³/mol. The van der Waals surface area contributed by atoms with Crippen molar-refractivity contribution in [1.82, 2.24) is 10.6 Å². The van der Waals surface area contributed by atoms with Gasteiger partial charge in [-0.3, -0.25) is 9.59 Å². The maximum atomic E-state index is 13.1. The minimum Gasteiger partial charge on any atom is -0.354 e. The minimum atomic E-state index is -2.99. The Morgan fingerprint density at radius 3 is 2.59 bits per heavy atom. The molecule has 2 amide bonds. The molecule has 2 heterocycles. The molecule has 0 spiro atoms. The van der Waals surface area contributed by atoms with E-state index in [9.17, 15) is 22.4 Å². The molecule has 2 N–H and O–H groups in total. The fourth-order valence-electron chi connectivity index (χ4n) is 3.25. The summed E-state index contributed by atoms with van der Waals surface area (Å²) in [4.78, 5) is 26.1. The molecule has 1 aliphatic rings. The van der Waals surface area contributed by atoms with Crippen LogP contribution in [0, 0.1) is 18.7 Å². The largest absolute Gasteiger partial charge is 0.354 e. The Hall–Kier alpha value is -2.26. The molecule has 29 heavy (non-hydrogen) atoms. The minimum absolute atomic E-state index is 0.0786. The maximum absolute atomic E-state index is 13.1. The lowest BCUT2D eigenvalue weighted by Crippen LogP contribution is -2.45. The highest BCUT2D eigenvalue weighted by Crippen LogP contribution is 2.32. The Morgan fingerprint density at radius 2 is 1.97 bits per heavy atom. The van der Waals surface area contributed by atoms with Gasteiger partial charge >= 0.3 is 0 Å². The van der Waals surface area contributed by atoms with Crippen molar-refractivity contribution in [1.29, 1.82) is 0 Å². The maximum Gasteiger partial charge on any atom is 0.262 e. The van der Waals surface area contributed by atoms with Crippen LogP contribution >= 0.6 is 11.3 Å². The summed E-state index contributed by atoms with van der Waals surface area (Å²) in [5.41, 5.74) is 1.72. The number of amides is 2. The van der Waals surface area contributed by atoms with Gasteiger partial charge in [0.15, 0.2) is 9.84 Å². The van der Waals surface area contributed by atoms with Crippen LogP contribution < -0.4 is 10.6 Å². The van der Waals surface area contributed by atoms with Crippen LogP contribution in [0.25, 0.3) is 10.4 Å². The van der Waals surface area contributed by atoms with Crippen molar-refractivity contribution >= 4 is 33.0 Å². The van der Waals surface area contributed by atoms with Gasteiger partial charge in [-0.2, -0.15) is 0 Å². The van der Waals surface area contributed by atoms with Gasteiger partial charge in [0, 0.05) is 11.4 Å². The first-order valence-electron chi connectivity index (χ1n) is 9.30. The molecule has 2 aromatic rings. The average molecular weight is 439 g/mol. The van der Waals surface area contributed by atoms with E-state index in [2.05, 4.69) is 10.6 Å². The van der Waals surface area contributed by atoms with Crippen LogP contribution in [0.5, 0.6) is 0 Å². The van der Waals surface area contributed by atoms with Crippen molar-refractivity contribution in [3.63, 3.8) is 0 Å². The van der Waals surface area contributed by atoms with E-state index in [0.717, 1.165) is 16.0 Å². The zero-order chi connectivity index (χ0) is 21.2. The number of sulfone groups is 1. The lowest BCUT2D eigenvalue weighted by molar-refractivity contribution is -0.122. The Kier molecular flexibility index (Phi) is 6.38. The van der Waals surface area contributed by atoms with Crippen LogP contribution in [0.15, 0.2) is 30.3 Å². The van der Waals surface area contributed by atoms with Gasteiger partial charge in [-0.1, -0.05) is 12.1 Å². The molecule has 0 radical (unpaired) electrons. The molecule has 1 aromatic heterocycles. The fourth-order valence-corrected chi connectivity index (χ4v) is 6.19. The smallest absolute Gasteiger partial charge is 0.262 e. The Balaban J connectivity index is 1.57. The third kappa shape index (κ3) is 5.42. The van der Waals surface area contributed by atoms with E-state index in [4.69, 9.17) is 0 Å². The molecular weight excluding hydrogens is 415 g/mol. The summed E-state index contributed by atoms with van der Waals surface area (Å²) in [5, 5.41) is 5.39. The second kappa shape index (κ2) is 8.62. The first-order chi connectivity index (χ1) is 13.6. The summed E-state index contributed by atoms with van der Waals surface area (Å²) in [5.74, 6) is -0.865. The number of hydrogen-bond acceptors (Lipinski definition) is 5. The molecule has 156 valence electrons. The van der Waals surface area contributed by atoms with Gasteiger partial charge in [0.25, 0.3) is 5.91 Å². The Bertz CT molecular complexity index is 1020. The van der Waals surface area contributed by atoms with Crippen LogP contribution in [-0.4, -0.2) is 44.3 Å². The normalized spacial score (nSPS) is 18.9. The van der Waals surface area contributed by atoms with Crippen molar-refractivity contribution in [2.45, 2.75) is 26.3 Å². The van der Waals surface area contributed by atoms with E-state index < -0.39 is 15.9 Å². The van der Waals surface area contributed by atoms with E-state index in [1.165, 1.54) is 23.5 Å². The molecule has 0 bridgehead atoms. The Morgan fingerprint density at radius 1 is 1.28 bits per heavy atom. The molecule has 2 unspecified atom stereocenters. The molecule has 6 nitrogen and oxygen atoms in total.